The number of esters is 2. The monoisotopic (exact) mass is 534 g/mol. The Morgan fingerprint density at radius 2 is 1.62 bits per heavy atom. The number of rotatable bonds is 15. The van der Waals surface area contributed by atoms with E-state index >= 15 is 0 Å². The normalized spacial score (nSPS) is 17.1. The molecule has 0 heterocycles. The van der Waals surface area contributed by atoms with Crippen molar-refractivity contribution in [2.75, 3.05) is 24.7 Å². The Kier molecular flexibility index (Phi) is 12.6. The molecule has 2 aromatic rings. The summed E-state index contributed by atoms with van der Waals surface area (Å²) >= 11 is 0. The molecule has 0 saturated heterocycles. The number of benzene rings is 2. The quantitative estimate of drug-likeness (QED) is 0.0910. The second kappa shape index (κ2) is 16.4. The highest BCUT2D eigenvalue weighted by Crippen LogP contribution is 2.25. The summed E-state index contributed by atoms with van der Waals surface area (Å²) in [7, 11) is 0. The van der Waals surface area contributed by atoms with Crippen LogP contribution in [0.1, 0.15) is 79.3 Å². The van der Waals surface area contributed by atoms with Crippen LogP contribution in [-0.4, -0.2) is 37.4 Å². The molecule has 1 aliphatic rings. The minimum Gasteiger partial charge on any atom is -0.462 e. The first-order valence-corrected chi connectivity index (χ1v) is 14.0. The summed E-state index contributed by atoms with van der Waals surface area (Å²) < 4.78 is 17.0. The molecule has 2 aromatic carbocycles. The van der Waals surface area contributed by atoms with Gasteiger partial charge in [0.25, 0.3) is 0 Å². The summed E-state index contributed by atoms with van der Waals surface area (Å²) in [5.74, 6) is -0.779. The van der Waals surface area contributed by atoms with E-state index in [1.165, 1.54) is 25.3 Å². The number of nitrogens with two attached hydrogens (primary N) is 2. The van der Waals surface area contributed by atoms with Crippen molar-refractivity contribution < 1.29 is 23.8 Å². The first-order chi connectivity index (χ1) is 18.9. The van der Waals surface area contributed by atoms with E-state index in [4.69, 9.17) is 25.7 Å². The highest BCUT2D eigenvalue weighted by Gasteiger charge is 2.24. The molecule has 7 heteroatoms. The van der Waals surface area contributed by atoms with Gasteiger partial charge in [-0.2, -0.15) is 0 Å². The highest BCUT2D eigenvalue weighted by atomic mass is 16.5. The Hall–Kier alpha value is -3.58. The van der Waals surface area contributed by atoms with Gasteiger partial charge in [0.05, 0.1) is 18.3 Å². The lowest BCUT2D eigenvalue weighted by atomic mass is 9.95. The second-order valence-corrected chi connectivity index (χ2v) is 10.00. The van der Waals surface area contributed by atoms with Crippen molar-refractivity contribution in [3.8, 4) is 0 Å². The van der Waals surface area contributed by atoms with Crippen LogP contribution in [0.5, 0.6) is 0 Å². The summed E-state index contributed by atoms with van der Waals surface area (Å²) in [4.78, 5) is 24.7. The van der Waals surface area contributed by atoms with E-state index in [1.54, 1.807) is 48.5 Å². The second-order valence-electron chi connectivity index (χ2n) is 10.00. The molecular weight excluding hydrogens is 492 g/mol. The average Bonchev–Trinajstić information content (AvgIpc) is 2.94. The molecule has 0 aliphatic heterocycles. The van der Waals surface area contributed by atoms with Gasteiger partial charge in [-0.05, 0) is 92.5 Å². The van der Waals surface area contributed by atoms with Gasteiger partial charge < -0.3 is 25.7 Å². The molecule has 4 N–H and O–H groups in total. The van der Waals surface area contributed by atoms with Gasteiger partial charge in [0.2, 0.25) is 0 Å². The number of carbonyl (C=O) groups is 2. The fourth-order valence-electron chi connectivity index (χ4n) is 4.58. The summed E-state index contributed by atoms with van der Waals surface area (Å²) in [6.45, 7) is 4.76. The number of allylic oxidation sites excluding steroid dienone is 1. The number of hydrogen-bond donors (Lipinski definition) is 2. The predicted octanol–water partition coefficient (Wildman–Crippen LogP) is 6.27. The highest BCUT2D eigenvalue weighted by molar-refractivity contribution is 5.90. The summed E-state index contributed by atoms with van der Waals surface area (Å²) in [5, 5.41) is 0. The van der Waals surface area contributed by atoms with Gasteiger partial charge in [0.1, 0.15) is 6.10 Å². The Labute approximate surface area is 232 Å². The first kappa shape index (κ1) is 30.0. The number of ether oxygens (including phenoxy) is 3. The molecule has 0 amide bonds. The van der Waals surface area contributed by atoms with Crippen molar-refractivity contribution in [2.24, 2.45) is 0 Å². The maximum Gasteiger partial charge on any atom is 0.338 e. The van der Waals surface area contributed by atoms with Crippen molar-refractivity contribution in [2.45, 2.75) is 76.4 Å². The molecule has 210 valence electrons. The van der Waals surface area contributed by atoms with Crippen LogP contribution in [0.15, 0.2) is 61.2 Å². The zero-order valence-corrected chi connectivity index (χ0v) is 22.8. The van der Waals surface area contributed by atoms with Crippen LogP contribution in [-0.2, 0) is 25.4 Å². The lowest BCUT2D eigenvalue weighted by Gasteiger charge is -2.28. The van der Waals surface area contributed by atoms with Crippen molar-refractivity contribution in [1.82, 2.24) is 0 Å². The molecule has 1 saturated carbocycles. The van der Waals surface area contributed by atoms with Crippen LogP contribution in [0.2, 0.25) is 0 Å². The van der Waals surface area contributed by atoms with Crippen LogP contribution in [0.25, 0.3) is 6.08 Å². The molecular formula is C32H42N2O5. The number of anilines is 2. The van der Waals surface area contributed by atoms with Crippen LogP contribution < -0.4 is 11.5 Å². The van der Waals surface area contributed by atoms with Crippen molar-refractivity contribution in [3.63, 3.8) is 0 Å². The zero-order valence-electron chi connectivity index (χ0n) is 22.8. The molecule has 1 fully saturated rings. The Morgan fingerprint density at radius 3 is 2.36 bits per heavy atom. The van der Waals surface area contributed by atoms with Crippen molar-refractivity contribution in [3.05, 3.63) is 77.9 Å². The maximum atomic E-state index is 12.6. The van der Waals surface area contributed by atoms with Crippen LogP contribution in [0, 0.1) is 0 Å². The van der Waals surface area contributed by atoms with E-state index in [9.17, 15) is 9.59 Å². The van der Waals surface area contributed by atoms with Gasteiger partial charge in [0, 0.05) is 30.5 Å². The largest absolute Gasteiger partial charge is 0.462 e. The minimum atomic E-state index is -0.455. The summed E-state index contributed by atoms with van der Waals surface area (Å²) in [6, 6.07) is 12.2. The molecule has 7 nitrogen and oxygen atoms in total. The summed E-state index contributed by atoms with van der Waals surface area (Å²) in [5.41, 5.74) is 15.0. The van der Waals surface area contributed by atoms with Crippen LogP contribution >= 0.6 is 0 Å². The molecule has 0 radical (unpaired) electrons. The number of nitrogen functional groups attached to an aromatic ring is 2. The van der Waals surface area contributed by atoms with E-state index in [-0.39, 0.29) is 24.8 Å². The lowest BCUT2D eigenvalue weighted by molar-refractivity contribution is -0.137. The van der Waals surface area contributed by atoms with E-state index in [1.807, 2.05) is 6.08 Å². The summed E-state index contributed by atoms with van der Waals surface area (Å²) in [6.07, 6.45) is 14.9. The topological polar surface area (TPSA) is 114 Å². The number of carbonyl (C=O) groups excluding carboxylic acids is 2. The fraction of sp³-hybridized carbons (Fsp3) is 0.438. The molecule has 39 heavy (non-hydrogen) atoms. The van der Waals surface area contributed by atoms with E-state index in [2.05, 4.69) is 6.58 Å². The van der Waals surface area contributed by atoms with Crippen molar-refractivity contribution in [1.29, 1.82) is 0 Å². The van der Waals surface area contributed by atoms with Gasteiger partial charge in [-0.15, -0.1) is 6.58 Å². The van der Waals surface area contributed by atoms with E-state index < -0.39 is 5.97 Å². The molecule has 3 rings (SSSR count). The van der Waals surface area contributed by atoms with Gasteiger partial charge in [0.15, 0.2) is 0 Å². The molecule has 0 unspecified atom stereocenters. The maximum absolute atomic E-state index is 12.6. The SMILES string of the molecule is C=CCCCCCCOC1CCC(OC(=O)c2ccc(C=CC(=O)OCCc3cc(N)ccc3N)cc2)CC1. The third kappa shape index (κ3) is 11.0. The molecule has 0 atom stereocenters. The predicted molar refractivity (Wildman–Crippen MR) is 156 cm³/mol. The van der Waals surface area contributed by atoms with E-state index in [0.717, 1.165) is 56.3 Å². The number of unbranched alkanes of at least 4 members (excludes halogenated alkanes) is 4. The van der Waals surface area contributed by atoms with Gasteiger partial charge in [-0.25, -0.2) is 9.59 Å². The third-order valence-electron chi connectivity index (χ3n) is 6.89. The average molecular weight is 535 g/mol. The molecule has 0 bridgehead atoms. The molecule has 1 aliphatic carbocycles. The minimum absolute atomic E-state index is 0.0757. The molecule has 0 spiro atoms. The fourth-order valence-corrected chi connectivity index (χ4v) is 4.58. The van der Waals surface area contributed by atoms with Crippen LogP contribution in [0.4, 0.5) is 11.4 Å². The van der Waals surface area contributed by atoms with Crippen molar-refractivity contribution >= 4 is 29.4 Å². The smallest absolute Gasteiger partial charge is 0.338 e. The Morgan fingerprint density at radius 1 is 0.897 bits per heavy atom. The van der Waals surface area contributed by atoms with Gasteiger partial charge in [-0.3, -0.25) is 0 Å². The Bertz CT molecular complexity index is 1090. The van der Waals surface area contributed by atoms with Gasteiger partial charge in [-0.1, -0.05) is 31.1 Å². The molecule has 0 aromatic heterocycles. The zero-order chi connectivity index (χ0) is 27.9. The third-order valence-corrected chi connectivity index (χ3v) is 6.89. The standard InChI is InChI=1S/C32H42N2O5/c1-2-3-4-5-6-7-21-37-28-14-16-29(17-15-28)39-32(36)25-11-8-24(9-12-25)10-19-31(35)38-22-20-26-23-27(33)13-18-30(26)34/h2,8-13,18-19,23,28-29H,1,3-7,14-17,20-22,33-34H2. The Balaban J connectivity index is 1.32. The lowest BCUT2D eigenvalue weighted by Crippen LogP contribution is -2.28. The first-order valence-electron chi connectivity index (χ1n) is 14.0. The number of hydrogen-bond acceptors (Lipinski definition) is 7. The van der Waals surface area contributed by atoms with E-state index in [0.29, 0.717) is 23.4 Å². The van der Waals surface area contributed by atoms with Crippen LogP contribution in [0.3, 0.4) is 0 Å². The van der Waals surface area contributed by atoms with Gasteiger partial charge >= 0.3 is 11.9 Å².